The summed E-state index contributed by atoms with van der Waals surface area (Å²) in [7, 11) is 1.56. The molecule has 1 aromatic carbocycles. The van der Waals surface area contributed by atoms with Crippen LogP contribution >= 0.6 is 0 Å². The van der Waals surface area contributed by atoms with Crippen molar-refractivity contribution in [1.29, 1.82) is 0 Å². The molecule has 4 heteroatoms. The first-order valence-electron chi connectivity index (χ1n) is 6.93. The molecular weight excluding hydrogens is 266 g/mol. The van der Waals surface area contributed by atoms with Gasteiger partial charge in [-0.25, -0.2) is 0 Å². The number of rotatable bonds is 6. The van der Waals surface area contributed by atoms with E-state index in [4.69, 9.17) is 9.47 Å². The number of methoxy groups -OCH3 is 1. The lowest BCUT2D eigenvalue weighted by molar-refractivity contribution is 0.103. The molecule has 0 saturated carbocycles. The van der Waals surface area contributed by atoms with E-state index in [0.717, 1.165) is 12.0 Å². The summed E-state index contributed by atoms with van der Waals surface area (Å²) in [6.07, 6.45) is 4.06. The van der Waals surface area contributed by atoms with E-state index in [1.165, 1.54) is 0 Å². The van der Waals surface area contributed by atoms with E-state index in [-0.39, 0.29) is 5.78 Å². The molecular formula is C17H19NO3. The molecule has 0 unspecified atom stereocenters. The highest BCUT2D eigenvalue weighted by atomic mass is 16.5. The number of ketones is 1. The highest BCUT2D eigenvalue weighted by molar-refractivity contribution is 6.10. The Morgan fingerprint density at radius 1 is 1.24 bits per heavy atom. The Morgan fingerprint density at radius 3 is 2.76 bits per heavy atom. The van der Waals surface area contributed by atoms with Crippen LogP contribution in [0.3, 0.4) is 0 Å². The smallest absolute Gasteiger partial charge is 0.198 e. The van der Waals surface area contributed by atoms with Gasteiger partial charge in [-0.15, -0.1) is 0 Å². The predicted molar refractivity (Wildman–Crippen MR) is 81.2 cm³/mol. The number of aromatic nitrogens is 1. The molecule has 0 amide bonds. The molecule has 0 radical (unpaired) electrons. The Labute approximate surface area is 124 Å². The van der Waals surface area contributed by atoms with Gasteiger partial charge in [-0.1, -0.05) is 18.6 Å². The standard InChI is InChI=1S/C17H19NO3/c1-4-7-21-14-9-13(10-18-11-14)17(19)15-8-12(2)5-6-16(15)20-3/h5-6,8-11H,4,7H2,1-3H3. The van der Waals surface area contributed by atoms with Gasteiger partial charge in [0, 0.05) is 11.8 Å². The second-order valence-electron chi connectivity index (χ2n) is 4.79. The van der Waals surface area contributed by atoms with Gasteiger partial charge in [-0.3, -0.25) is 9.78 Å². The molecule has 0 bridgehead atoms. The first kappa shape index (κ1) is 15.0. The van der Waals surface area contributed by atoms with Gasteiger partial charge in [-0.2, -0.15) is 0 Å². The van der Waals surface area contributed by atoms with E-state index in [9.17, 15) is 4.79 Å². The molecule has 2 aromatic rings. The minimum atomic E-state index is -0.120. The van der Waals surface area contributed by atoms with E-state index in [1.54, 1.807) is 31.6 Å². The maximum atomic E-state index is 12.6. The van der Waals surface area contributed by atoms with Crippen LogP contribution < -0.4 is 9.47 Å². The van der Waals surface area contributed by atoms with Gasteiger partial charge in [0.15, 0.2) is 5.78 Å². The van der Waals surface area contributed by atoms with Crippen LogP contribution in [0.25, 0.3) is 0 Å². The summed E-state index contributed by atoms with van der Waals surface area (Å²) in [4.78, 5) is 16.7. The number of pyridine rings is 1. The lowest BCUT2D eigenvalue weighted by Gasteiger charge is -2.10. The van der Waals surface area contributed by atoms with Gasteiger partial charge in [0.2, 0.25) is 0 Å². The molecule has 2 rings (SSSR count). The molecule has 0 atom stereocenters. The molecule has 0 saturated heterocycles. The number of aryl methyl sites for hydroxylation is 1. The Kier molecular flexibility index (Phi) is 4.93. The highest BCUT2D eigenvalue weighted by Gasteiger charge is 2.15. The maximum Gasteiger partial charge on any atom is 0.198 e. The molecule has 0 aliphatic heterocycles. The van der Waals surface area contributed by atoms with Crippen molar-refractivity contribution in [3.05, 3.63) is 53.3 Å². The Balaban J connectivity index is 2.33. The maximum absolute atomic E-state index is 12.6. The fourth-order valence-corrected chi connectivity index (χ4v) is 2.00. The summed E-state index contributed by atoms with van der Waals surface area (Å²) in [6.45, 7) is 4.57. The summed E-state index contributed by atoms with van der Waals surface area (Å²) < 4.78 is 10.8. The zero-order chi connectivity index (χ0) is 15.2. The van der Waals surface area contributed by atoms with Gasteiger partial charge in [0.25, 0.3) is 0 Å². The number of nitrogens with zero attached hydrogens (tertiary/aromatic N) is 1. The summed E-state index contributed by atoms with van der Waals surface area (Å²) in [5.74, 6) is 1.05. The van der Waals surface area contributed by atoms with Crippen LogP contribution in [0, 0.1) is 6.92 Å². The van der Waals surface area contributed by atoms with Crippen molar-refractivity contribution in [2.45, 2.75) is 20.3 Å². The number of hydrogen-bond acceptors (Lipinski definition) is 4. The Hall–Kier alpha value is -2.36. The van der Waals surface area contributed by atoms with Gasteiger partial charge in [0.1, 0.15) is 11.5 Å². The van der Waals surface area contributed by atoms with E-state index < -0.39 is 0 Å². The summed E-state index contributed by atoms with van der Waals surface area (Å²) in [5.41, 5.74) is 2.03. The van der Waals surface area contributed by atoms with Crippen molar-refractivity contribution in [3.63, 3.8) is 0 Å². The van der Waals surface area contributed by atoms with Crippen LogP contribution in [0.15, 0.2) is 36.7 Å². The van der Waals surface area contributed by atoms with Crippen molar-refractivity contribution < 1.29 is 14.3 Å². The minimum absolute atomic E-state index is 0.120. The molecule has 0 aliphatic rings. The average molecular weight is 285 g/mol. The van der Waals surface area contributed by atoms with E-state index >= 15 is 0 Å². The molecule has 0 N–H and O–H groups in total. The van der Waals surface area contributed by atoms with Gasteiger partial charge >= 0.3 is 0 Å². The zero-order valence-corrected chi connectivity index (χ0v) is 12.6. The summed E-state index contributed by atoms with van der Waals surface area (Å²) in [6, 6.07) is 7.25. The van der Waals surface area contributed by atoms with Crippen molar-refractivity contribution in [3.8, 4) is 11.5 Å². The van der Waals surface area contributed by atoms with Gasteiger partial charge in [0.05, 0.1) is 25.5 Å². The Morgan fingerprint density at radius 2 is 2.05 bits per heavy atom. The first-order chi connectivity index (χ1) is 10.2. The van der Waals surface area contributed by atoms with Crippen LogP contribution in [0.1, 0.15) is 34.8 Å². The minimum Gasteiger partial charge on any atom is -0.496 e. The third-order valence-electron chi connectivity index (χ3n) is 3.05. The number of carbonyl (C=O) groups is 1. The third-order valence-corrected chi connectivity index (χ3v) is 3.05. The molecule has 110 valence electrons. The van der Waals surface area contributed by atoms with Gasteiger partial charge < -0.3 is 9.47 Å². The van der Waals surface area contributed by atoms with Crippen LogP contribution in [-0.2, 0) is 0 Å². The number of ether oxygens (including phenoxy) is 2. The topological polar surface area (TPSA) is 48.4 Å². The number of carbonyl (C=O) groups excluding carboxylic acids is 1. The fraction of sp³-hybridized carbons (Fsp3) is 0.294. The summed E-state index contributed by atoms with van der Waals surface area (Å²) in [5, 5.41) is 0. The van der Waals surface area contributed by atoms with Gasteiger partial charge in [-0.05, 0) is 31.5 Å². The monoisotopic (exact) mass is 285 g/mol. The quantitative estimate of drug-likeness (QED) is 0.763. The van der Waals surface area contributed by atoms with Crippen LogP contribution in [0.4, 0.5) is 0 Å². The largest absolute Gasteiger partial charge is 0.496 e. The Bertz CT molecular complexity index is 638. The second kappa shape index (κ2) is 6.88. The zero-order valence-electron chi connectivity index (χ0n) is 12.6. The lowest BCUT2D eigenvalue weighted by atomic mass is 10.0. The van der Waals surface area contributed by atoms with Crippen molar-refractivity contribution >= 4 is 5.78 Å². The van der Waals surface area contributed by atoms with Crippen molar-refractivity contribution in [1.82, 2.24) is 4.98 Å². The molecule has 0 aliphatic carbocycles. The van der Waals surface area contributed by atoms with E-state index in [2.05, 4.69) is 4.98 Å². The van der Waals surface area contributed by atoms with E-state index in [1.807, 2.05) is 26.0 Å². The first-order valence-corrected chi connectivity index (χ1v) is 6.93. The van der Waals surface area contributed by atoms with Crippen molar-refractivity contribution in [2.75, 3.05) is 13.7 Å². The van der Waals surface area contributed by atoms with Crippen LogP contribution in [0.5, 0.6) is 11.5 Å². The SMILES string of the molecule is CCCOc1cncc(C(=O)c2cc(C)ccc2OC)c1. The van der Waals surface area contributed by atoms with Crippen molar-refractivity contribution in [2.24, 2.45) is 0 Å². The molecule has 0 fully saturated rings. The molecule has 1 heterocycles. The highest BCUT2D eigenvalue weighted by Crippen LogP contribution is 2.24. The molecule has 0 spiro atoms. The molecule has 21 heavy (non-hydrogen) atoms. The van der Waals surface area contributed by atoms with Crippen LogP contribution in [-0.4, -0.2) is 24.5 Å². The molecule has 4 nitrogen and oxygen atoms in total. The fourth-order valence-electron chi connectivity index (χ4n) is 2.00. The lowest BCUT2D eigenvalue weighted by Crippen LogP contribution is -2.06. The molecule has 1 aromatic heterocycles. The number of benzene rings is 1. The third kappa shape index (κ3) is 3.60. The predicted octanol–water partition coefficient (Wildman–Crippen LogP) is 3.42. The average Bonchev–Trinajstić information content (AvgIpc) is 2.52. The van der Waals surface area contributed by atoms with E-state index in [0.29, 0.717) is 29.2 Å². The normalized spacial score (nSPS) is 10.2. The van der Waals surface area contributed by atoms with Crippen LogP contribution in [0.2, 0.25) is 0 Å². The summed E-state index contributed by atoms with van der Waals surface area (Å²) >= 11 is 0. The second-order valence-corrected chi connectivity index (χ2v) is 4.79. The number of hydrogen-bond donors (Lipinski definition) is 0.